The molecule has 0 radical (unpaired) electrons. The molecule has 1 rings (SSSR count). The van der Waals surface area contributed by atoms with Crippen molar-refractivity contribution in [3.05, 3.63) is 0 Å². The Labute approximate surface area is 90.4 Å². The second kappa shape index (κ2) is 4.37. The minimum atomic E-state index is -0.493. The highest BCUT2D eigenvalue weighted by Gasteiger charge is 2.37. The van der Waals surface area contributed by atoms with Crippen molar-refractivity contribution in [2.75, 3.05) is 13.2 Å². The van der Waals surface area contributed by atoms with Crippen LogP contribution in [0, 0.1) is 5.41 Å². The number of ether oxygens (including phenoxy) is 1. The molecule has 0 aliphatic heterocycles. The lowest BCUT2D eigenvalue weighted by Gasteiger charge is -2.39. The zero-order chi connectivity index (χ0) is 11.5. The monoisotopic (exact) mass is 217 g/mol. The number of hydrogen-bond acceptors (Lipinski definition) is 2. The lowest BCUT2D eigenvalue weighted by atomic mass is 9.70. The third kappa shape index (κ3) is 3.68. The molecule has 1 N–H and O–H groups in total. The molecule has 0 bridgehead atoms. The summed E-state index contributed by atoms with van der Waals surface area (Å²) >= 11 is 0. The first-order chi connectivity index (χ1) is 6.87. The molecule has 1 fully saturated rings. The third-order valence-corrected chi connectivity index (χ3v) is 2.70. The van der Waals surface area contributed by atoms with E-state index >= 15 is 0 Å². The molecule has 1 amide bonds. The fourth-order valence-corrected chi connectivity index (χ4v) is 1.61. The summed E-state index contributed by atoms with van der Waals surface area (Å²) in [6.07, 6.45) is 2.32. The van der Waals surface area contributed by atoms with Crippen LogP contribution in [0.2, 0.25) is 0 Å². The van der Waals surface area contributed by atoms with E-state index in [-0.39, 0.29) is 12.1 Å². The molecule has 0 aromatic rings. The molecule has 3 nitrogen and oxygen atoms in total. The molecule has 0 aromatic heterocycles. The third-order valence-electron chi connectivity index (χ3n) is 2.70. The lowest BCUT2D eigenvalue weighted by molar-refractivity contribution is 0.0410. The number of alkyl carbamates (subject to hydrolysis) is 1. The molecule has 1 aliphatic carbocycles. The molecule has 15 heavy (non-hydrogen) atoms. The van der Waals surface area contributed by atoms with Gasteiger partial charge in [0.25, 0.3) is 0 Å². The second-order valence-electron chi connectivity index (χ2n) is 5.34. The van der Waals surface area contributed by atoms with Gasteiger partial charge in [-0.25, -0.2) is 4.79 Å². The summed E-state index contributed by atoms with van der Waals surface area (Å²) in [5.74, 6) is 0. The quantitative estimate of drug-likeness (QED) is 0.789. The van der Waals surface area contributed by atoms with Gasteiger partial charge in [-0.15, -0.1) is 0 Å². The smallest absolute Gasteiger partial charge is 0.407 e. The van der Waals surface area contributed by atoms with E-state index in [0.717, 1.165) is 19.3 Å². The van der Waals surface area contributed by atoms with Crippen molar-refractivity contribution in [2.45, 2.75) is 45.6 Å². The largest absolute Gasteiger partial charge is 0.444 e. The van der Waals surface area contributed by atoms with Crippen LogP contribution >= 0.6 is 0 Å². The first-order valence-electron chi connectivity index (χ1n) is 5.40. The average molecular weight is 217 g/mol. The first kappa shape index (κ1) is 12.3. The Morgan fingerprint density at radius 1 is 1.47 bits per heavy atom. The summed E-state index contributed by atoms with van der Waals surface area (Å²) in [5, 5.41) is 2.63. The Balaban J connectivity index is 2.27. The zero-order valence-electron chi connectivity index (χ0n) is 9.73. The maximum atomic E-state index is 12.7. The standard InChI is InChI=1S/C11H20FNO2/c1-10(2,3)15-9(14)13-8-11(7-12)5-4-6-11/h4-8H2,1-3H3,(H,13,14). The molecule has 0 saturated heterocycles. The highest BCUT2D eigenvalue weighted by molar-refractivity contribution is 5.67. The van der Waals surface area contributed by atoms with Gasteiger partial charge >= 0.3 is 6.09 Å². The fourth-order valence-electron chi connectivity index (χ4n) is 1.61. The van der Waals surface area contributed by atoms with Crippen molar-refractivity contribution in [3.8, 4) is 0 Å². The van der Waals surface area contributed by atoms with E-state index < -0.39 is 11.7 Å². The van der Waals surface area contributed by atoms with Crippen LogP contribution in [-0.4, -0.2) is 24.9 Å². The number of alkyl halides is 1. The van der Waals surface area contributed by atoms with Gasteiger partial charge in [0.15, 0.2) is 0 Å². The van der Waals surface area contributed by atoms with Crippen LogP contribution in [0.1, 0.15) is 40.0 Å². The molecule has 1 saturated carbocycles. The maximum Gasteiger partial charge on any atom is 0.407 e. The van der Waals surface area contributed by atoms with Gasteiger partial charge in [0.05, 0.1) is 6.67 Å². The number of carbonyl (C=O) groups excluding carboxylic acids is 1. The second-order valence-corrected chi connectivity index (χ2v) is 5.34. The number of hydrogen-bond donors (Lipinski definition) is 1. The van der Waals surface area contributed by atoms with Gasteiger partial charge in [-0.05, 0) is 33.6 Å². The molecule has 0 heterocycles. The molecule has 0 aromatic carbocycles. The number of halogens is 1. The van der Waals surface area contributed by atoms with Crippen LogP contribution in [0.4, 0.5) is 9.18 Å². The number of amides is 1. The van der Waals surface area contributed by atoms with Gasteiger partial charge < -0.3 is 10.1 Å². The summed E-state index contributed by atoms with van der Waals surface area (Å²) < 4.78 is 17.8. The molecule has 0 spiro atoms. The predicted octanol–water partition coefficient (Wildman–Crippen LogP) is 2.65. The number of nitrogens with one attached hydrogen (secondary N) is 1. The van der Waals surface area contributed by atoms with E-state index in [1.165, 1.54) is 0 Å². The minimum absolute atomic E-state index is 0.309. The van der Waals surface area contributed by atoms with Crippen LogP contribution < -0.4 is 5.32 Å². The first-order valence-corrected chi connectivity index (χ1v) is 5.40. The van der Waals surface area contributed by atoms with E-state index in [1.54, 1.807) is 20.8 Å². The van der Waals surface area contributed by atoms with Gasteiger partial charge in [0.2, 0.25) is 0 Å². The van der Waals surface area contributed by atoms with Crippen LogP contribution in [0.15, 0.2) is 0 Å². The number of carbonyl (C=O) groups is 1. The van der Waals surface area contributed by atoms with Gasteiger partial charge in [0, 0.05) is 12.0 Å². The highest BCUT2D eigenvalue weighted by atomic mass is 19.1. The fraction of sp³-hybridized carbons (Fsp3) is 0.909. The molecule has 0 unspecified atom stereocenters. The molecular formula is C11H20FNO2. The number of rotatable bonds is 3. The van der Waals surface area contributed by atoms with E-state index in [2.05, 4.69) is 5.32 Å². The SMILES string of the molecule is CC(C)(C)OC(=O)NCC1(CF)CCC1. The van der Waals surface area contributed by atoms with Crippen molar-refractivity contribution in [1.82, 2.24) is 5.32 Å². The maximum absolute atomic E-state index is 12.7. The van der Waals surface area contributed by atoms with Crippen LogP contribution in [0.5, 0.6) is 0 Å². The van der Waals surface area contributed by atoms with E-state index in [9.17, 15) is 9.18 Å². The van der Waals surface area contributed by atoms with E-state index in [0.29, 0.717) is 6.54 Å². The van der Waals surface area contributed by atoms with Crippen LogP contribution in [-0.2, 0) is 4.74 Å². The van der Waals surface area contributed by atoms with Crippen molar-refractivity contribution < 1.29 is 13.9 Å². The summed E-state index contributed by atoms with van der Waals surface area (Å²) in [7, 11) is 0. The van der Waals surface area contributed by atoms with E-state index in [4.69, 9.17) is 4.74 Å². The van der Waals surface area contributed by atoms with Crippen molar-refractivity contribution in [3.63, 3.8) is 0 Å². The Morgan fingerprint density at radius 2 is 2.07 bits per heavy atom. The lowest BCUT2D eigenvalue weighted by Crippen LogP contribution is -2.45. The van der Waals surface area contributed by atoms with Crippen molar-refractivity contribution in [2.24, 2.45) is 5.41 Å². The summed E-state index contributed by atoms with van der Waals surface area (Å²) in [6.45, 7) is 5.45. The van der Waals surface area contributed by atoms with Crippen LogP contribution in [0.25, 0.3) is 0 Å². The van der Waals surface area contributed by atoms with Gasteiger partial charge in [-0.2, -0.15) is 0 Å². The average Bonchev–Trinajstić information content (AvgIpc) is 1.99. The van der Waals surface area contributed by atoms with Crippen molar-refractivity contribution in [1.29, 1.82) is 0 Å². The summed E-state index contributed by atoms with van der Waals surface area (Å²) in [5.41, 5.74) is -0.802. The van der Waals surface area contributed by atoms with Crippen LogP contribution in [0.3, 0.4) is 0 Å². The summed E-state index contributed by atoms with van der Waals surface area (Å²) in [4.78, 5) is 11.3. The van der Waals surface area contributed by atoms with Gasteiger partial charge in [-0.3, -0.25) is 4.39 Å². The highest BCUT2D eigenvalue weighted by Crippen LogP contribution is 2.40. The predicted molar refractivity (Wildman–Crippen MR) is 56.5 cm³/mol. The molecule has 1 aliphatic rings. The minimum Gasteiger partial charge on any atom is -0.444 e. The Kier molecular flexibility index (Phi) is 3.58. The summed E-state index contributed by atoms with van der Waals surface area (Å²) in [6, 6.07) is 0. The Bertz CT molecular complexity index is 226. The topological polar surface area (TPSA) is 38.3 Å². The zero-order valence-corrected chi connectivity index (χ0v) is 9.73. The normalized spacial score (nSPS) is 19.2. The molecule has 4 heteroatoms. The Hall–Kier alpha value is -0.800. The molecule has 88 valence electrons. The van der Waals surface area contributed by atoms with E-state index in [1.807, 2.05) is 0 Å². The van der Waals surface area contributed by atoms with Gasteiger partial charge in [-0.1, -0.05) is 6.42 Å². The van der Waals surface area contributed by atoms with Crippen molar-refractivity contribution >= 4 is 6.09 Å². The van der Waals surface area contributed by atoms with Gasteiger partial charge in [0.1, 0.15) is 5.60 Å². The Morgan fingerprint density at radius 3 is 2.40 bits per heavy atom. The molecule has 0 atom stereocenters. The molecular weight excluding hydrogens is 197 g/mol.